The lowest BCUT2D eigenvalue weighted by Crippen LogP contribution is -2.74. The zero-order valence-corrected chi connectivity index (χ0v) is 41.9. The summed E-state index contributed by atoms with van der Waals surface area (Å²) in [5, 5.41) is 9.56. The molecule has 0 unspecified atom stereocenters. The van der Waals surface area contributed by atoms with Crippen LogP contribution in [0.15, 0.2) is 285 Å². The van der Waals surface area contributed by atoms with Crippen LogP contribution in [0.4, 0.5) is 0 Å². The lowest BCUT2D eigenvalue weighted by molar-refractivity contribution is 0.893. The van der Waals surface area contributed by atoms with Crippen LogP contribution < -0.4 is 20.7 Å². The number of aromatic nitrogens is 5. The summed E-state index contributed by atoms with van der Waals surface area (Å²) in [7, 11) is -3.32. The highest BCUT2D eigenvalue weighted by molar-refractivity contribution is 7.20. The predicted molar refractivity (Wildman–Crippen MR) is 314 cm³/mol. The number of hydrogen-bond donors (Lipinski definition) is 0. The van der Waals surface area contributed by atoms with Crippen LogP contribution in [0, 0.1) is 0 Å². The molecule has 0 N–H and O–H groups in total. The first-order valence-electron chi connectivity index (χ1n) is 25.5. The Morgan fingerprint density at radius 1 is 0.227 bits per heavy atom. The molecule has 5 nitrogen and oxygen atoms in total. The van der Waals surface area contributed by atoms with Gasteiger partial charge in [0.2, 0.25) is 11.9 Å². The van der Waals surface area contributed by atoms with E-state index in [2.05, 4.69) is 294 Å². The first kappa shape index (κ1) is 44.0. The van der Waals surface area contributed by atoms with E-state index in [1.165, 1.54) is 54.1 Å². The number of fused-ring (bicyclic) bond motifs is 6. The van der Waals surface area contributed by atoms with Gasteiger partial charge in [-0.05, 0) is 78.4 Å². The molecule has 352 valence electrons. The Morgan fingerprint density at radius 2 is 0.493 bits per heavy atom. The second kappa shape index (κ2) is 18.4. The van der Waals surface area contributed by atoms with Gasteiger partial charge in [0.15, 0.2) is 13.9 Å². The van der Waals surface area contributed by atoms with Crippen molar-refractivity contribution in [3.63, 3.8) is 0 Å². The summed E-state index contributed by atoms with van der Waals surface area (Å²) in [6.45, 7) is 0. The van der Waals surface area contributed by atoms with Crippen LogP contribution in [-0.2, 0) is 0 Å². The van der Waals surface area contributed by atoms with Crippen LogP contribution in [0.1, 0.15) is 0 Å². The topological polar surface area (TPSA) is 48.5 Å². The van der Waals surface area contributed by atoms with Crippen LogP contribution in [0.3, 0.4) is 0 Å². The molecule has 3 heterocycles. The summed E-state index contributed by atoms with van der Waals surface area (Å²) < 4.78 is 4.41. The molecule has 0 saturated carbocycles. The van der Waals surface area contributed by atoms with Crippen molar-refractivity contribution >= 4 is 72.4 Å². The molecule has 75 heavy (non-hydrogen) atoms. The molecule has 0 amide bonds. The molecule has 0 atom stereocenters. The molecule has 11 aromatic carbocycles. The number of para-hydroxylation sites is 4. The number of hydrogen-bond acceptors (Lipinski definition) is 3. The maximum absolute atomic E-state index is 5.56. The predicted octanol–water partition coefficient (Wildman–Crippen LogP) is 14.1. The summed E-state index contributed by atoms with van der Waals surface area (Å²) in [5.74, 6) is 1.67. The number of rotatable bonds is 10. The minimum Gasteiger partial charge on any atom is -0.278 e. The van der Waals surface area contributed by atoms with Crippen molar-refractivity contribution in [2.75, 3.05) is 0 Å². The molecule has 3 aromatic heterocycles. The van der Waals surface area contributed by atoms with Gasteiger partial charge in [0.25, 0.3) is 0 Å². The Hall–Kier alpha value is -9.75. The van der Waals surface area contributed by atoms with E-state index < -0.39 is 8.07 Å². The van der Waals surface area contributed by atoms with Crippen LogP contribution in [0.2, 0.25) is 0 Å². The van der Waals surface area contributed by atoms with Crippen molar-refractivity contribution in [2.24, 2.45) is 0 Å². The van der Waals surface area contributed by atoms with Gasteiger partial charge in [0, 0.05) is 27.1 Å². The van der Waals surface area contributed by atoms with Gasteiger partial charge < -0.3 is 0 Å². The van der Waals surface area contributed by atoms with Gasteiger partial charge >= 0.3 is 0 Å². The molecule has 14 rings (SSSR count). The lowest BCUT2D eigenvalue weighted by Gasteiger charge is -2.35. The zero-order chi connectivity index (χ0) is 49.7. The van der Waals surface area contributed by atoms with E-state index >= 15 is 0 Å². The molecule has 0 saturated heterocycles. The minimum absolute atomic E-state index is 0.546. The standard InChI is InChI=1S/C69H47N5Si/c1-4-22-48(23-5-1)51-28-18-32-55(44-51)75(56-33-19-29-52(45-56)49-24-6-2-7-25-49,57-34-20-30-53(46-57)50-26-8-3-9-27-50)58-35-21-31-54(47-58)67-70-68(73-63-40-14-10-36-59(63)60-37-11-15-41-64(60)73)72-69(71-67)74-65-42-16-12-38-61(65)62-39-13-17-43-66(62)74/h1-47H. The quantitative estimate of drug-likeness (QED) is 0.101. The van der Waals surface area contributed by atoms with Gasteiger partial charge in [0.05, 0.1) is 22.1 Å². The molecule has 0 aliphatic carbocycles. The Bertz CT molecular complexity index is 3990. The Kier molecular flexibility index (Phi) is 10.8. The van der Waals surface area contributed by atoms with Crippen LogP contribution in [0.25, 0.3) is 100 Å². The SMILES string of the molecule is c1ccc(-c2cccc([Si](c3cccc(-c4ccccc4)c3)(c3cccc(-c4ccccc4)c3)c3cccc(-c4nc(-n5c6ccccc6c6ccccc65)nc(-n5c6ccccc6c6ccccc65)n4)c3)c2)cc1. The number of nitrogens with zero attached hydrogens (tertiary/aromatic N) is 5. The molecule has 0 aliphatic heterocycles. The fourth-order valence-corrected chi connectivity index (χ4v) is 16.4. The van der Waals surface area contributed by atoms with E-state index in [4.69, 9.17) is 15.0 Å². The summed E-state index contributed by atoms with van der Waals surface area (Å²) >= 11 is 0. The molecule has 0 bridgehead atoms. The van der Waals surface area contributed by atoms with Gasteiger partial charge in [-0.3, -0.25) is 9.13 Å². The van der Waals surface area contributed by atoms with Crippen LogP contribution in [-0.4, -0.2) is 32.2 Å². The highest BCUT2D eigenvalue weighted by Gasteiger charge is 2.42. The highest BCUT2D eigenvalue weighted by atomic mass is 28.3. The first-order chi connectivity index (χ1) is 37.2. The molecular weight excluding hydrogens is 927 g/mol. The third kappa shape index (κ3) is 7.49. The normalized spacial score (nSPS) is 11.7. The lowest BCUT2D eigenvalue weighted by atomic mass is 10.1. The molecule has 6 heteroatoms. The van der Waals surface area contributed by atoms with Crippen molar-refractivity contribution in [1.82, 2.24) is 24.1 Å². The summed E-state index contributed by atoms with van der Waals surface area (Å²) in [6, 6.07) is 103. The van der Waals surface area contributed by atoms with Gasteiger partial charge in [-0.2, -0.15) is 15.0 Å². The van der Waals surface area contributed by atoms with Crippen molar-refractivity contribution in [2.45, 2.75) is 0 Å². The Morgan fingerprint density at radius 3 is 0.827 bits per heavy atom. The second-order valence-electron chi connectivity index (χ2n) is 19.2. The Labute approximate surface area is 436 Å². The van der Waals surface area contributed by atoms with Crippen molar-refractivity contribution in [3.8, 4) is 56.7 Å². The average Bonchev–Trinajstić information content (AvgIpc) is 4.02. The zero-order valence-electron chi connectivity index (χ0n) is 40.9. The fraction of sp³-hybridized carbons (Fsp3) is 0. The van der Waals surface area contributed by atoms with E-state index in [1.54, 1.807) is 0 Å². The molecule has 0 aliphatic rings. The summed E-state index contributed by atoms with van der Waals surface area (Å²) in [6.07, 6.45) is 0. The molecule has 0 radical (unpaired) electrons. The van der Waals surface area contributed by atoms with Crippen LogP contribution in [0.5, 0.6) is 0 Å². The third-order valence-electron chi connectivity index (χ3n) is 14.9. The molecular formula is C69H47N5Si. The van der Waals surface area contributed by atoms with Crippen LogP contribution >= 0.6 is 0 Å². The van der Waals surface area contributed by atoms with Gasteiger partial charge in [-0.25, -0.2) is 0 Å². The largest absolute Gasteiger partial charge is 0.278 e. The maximum atomic E-state index is 5.56. The van der Waals surface area contributed by atoms with Crippen molar-refractivity contribution in [1.29, 1.82) is 0 Å². The van der Waals surface area contributed by atoms with E-state index in [1.807, 2.05) is 0 Å². The van der Waals surface area contributed by atoms with Crippen molar-refractivity contribution in [3.05, 3.63) is 285 Å². The molecule has 0 spiro atoms. The molecule has 14 aromatic rings. The van der Waals surface area contributed by atoms with Gasteiger partial charge in [-0.15, -0.1) is 0 Å². The van der Waals surface area contributed by atoms with Gasteiger partial charge in [-0.1, -0.05) is 261 Å². The highest BCUT2D eigenvalue weighted by Crippen LogP contribution is 2.35. The second-order valence-corrected chi connectivity index (χ2v) is 23.0. The van der Waals surface area contributed by atoms with E-state index in [0.717, 1.165) is 49.2 Å². The number of benzene rings is 11. The van der Waals surface area contributed by atoms with E-state index in [-0.39, 0.29) is 0 Å². The minimum atomic E-state index is -3.32. The first-order valence-corrected chi connectivity index (χ1v) is 27.5. The fourth-order valence-electron chi connectivity index (χ4n) is 11.5. The maximum Gasteiger partial charge on any atom is 0.240 e. The summed E-state index contributed by atoms with van der Waals surface area (Å²) in [4.78, 5) is 16.6. The monoisotopic (exact) mass is 973 g/mol. The smallest absolute Gasteiger partial charge is 0.240 e. The van der Waals surface area contributed by atoms with Crippen molar-refractivity contribution < 1.29 is 0 Å². The summed E-state index contributed by atoms with van der Waals surface area (Å²) in [5.41, 5.74) is 12.0. The average molecular weight is 974 g/mol. The third-order valence-corrected chi connectivity index (χ3v) is 19.6. The van der Waals surface area contributed by atoms with E-state index in [9.17, 15) is 0 Å². The molecule has 0 fully saturated rings. The Balaban J connectivity index is 1.08. The van der Waals surface area contributed by atoms with E-state index in [0.29, 0.717) is 17.7 Å². The van der Waals surface area contributed by atoms with Gasteiger partial charge in [0.1, 0.15) is 0 Å².